The summed E-state index contributed by atoms with van der Waals surface area (Å²) in [4.78, 5) is 14.5. The number of nitrogens with one attached hydrogen (secondary N) is 1. The molecule has 7 nitrogen and oxygen atoms in total. The van der Waals surface area contributed by atoms with E-state index < -0.39 is 4.92 Å². The van der Waals surface area contributed by atoms with E-state index in [4.69, 9.17) is 9.47 Å². The van der Waals surface area contributed by atoms with Crippen LogP contribution in [-0.4, -0.2) is 42.4 Å². The van der Waals surface area contributed by atoms with E-state index in [-0.39, 0.29) is 17.6 Å². The molecule has 0 aromatic carbocycles. The van der Waals surface area contributed by atoms with Crippen LogP contribution in [-0.2, 0) is 9.47 Å². The second-order valence-corrected chi connectivity index (χ2v) is 5.33. The van der Waals surface area contributed by atoms with Gasteiger partial charge in [-0.3, -0.25) is 10.1 Å². The van der Waals surface area contributed by atoms with Crippen LogP contribution in [0, 0.1) is 10.1 Å². The number of nitrogens with zero attached hydrogens (tertiary/aromatic N) is 2. The van der Waals surface area contributed by atoms with E-state index in [0.29, 0.717) is 24.2 Å². The second kappa shape index (κ2) is 7.51. The van der Waals surface area contributed by atoms with Crippen LogP contribution in [0.25, 0.3) is 0 Å². The van der Waals surface area contributed by atoms with Gasteiger partial charge in [0.05, 0.1) is 17.6 Å². The highest BCUT2D eigenvalue weighted by Crippen LogP contribution is 2.25. The minimum absolute atomic E-state index is 0.0375. The molecule has 2 heterocycles. The Morgan fingerprint density at radius 3 is 3.20 bits per heavy atom. The Kier molecular flexibility index (Phi) is 5.69. The lowest BCUT2D eigenvalue weighted by atomic mass is 10.3. The van der Waals surface area contributed by atoms with Crippen molar-refractivity contribution in [3.8, 4) is 0 Å². The van der Waals surface area contributed by atoms with E-state index in [1.54, 1.807) is 0 Å². The minimum Gasteiger partial charge on any atom is -0.379 e. The van der Waals surface area contributed by atoms with Crippen molar-refractivity contribution < 1.29 is 14.4 Å². The maximum atomic E-state index is 10.9. The van der Waals surface area contributed by atoms with Crippen molar-refractivity contribution in [1.82, 2.24) is 4.98 Å². The first-order chi connectivity index (χ1) is 9.66. The predicted octanol–water partition coefficient (Wildman–Crippen LogP) is 2.36. The summed E-state index contributed by atoms with van der Waals surface area (Å²) in [5.74, 6) is 0.280. The molecule has 1 saturated heterocycles. The lowest BCUT2D eigenvalue weighted by molar-refractivity contribution is -0.384. The zero-order valence-electron chi connectivity index (χ0n) is 10.9. The van der Waals surface area contributed by atoms with Gasteiger partial charge in [-0.15, -0.1) is 0 Å². The van der Waals surface area contributed by atoms with Crippen LogP contribution < -0.4 is 5.32 Å². The van der Waals surface area contributed by atoms with E-state index >= 15 is 0 Å². The summed E-state index contributed by atoms with van der Waals surface area (Å²) in [5.41, 5.74) is -0.0375. The molecule has 2 rings (SSSR count). The normalized spacial score (nSPS) is 18.1. The monoisotopic (exact) mass is 345 g/mol. The highest BCUT2D eigenvalue weighted by atomic mass is 79.9. The molecule has 1 fully saturated rings. The fraction of sp³-hybridized carbons (Fsp3) is 0.583. The summed E-state index contributed by atoms with van der Waals surface area (Å²) >= 11 is 3.17. The SMILES string of the molecule is O=[N+]([O-])c1cc(Br)cnc1NCCCO[C@H]1CCOC1. The maximum absolute atomic E-state index is 10.9. The van der Waals surface area contributed by atoms with E-state index in [9.17, 15) is 10.1 Å². The van der Waals surface area contributed by atoms with Gasteiger partial charge < -0.3 is 14.8 Å². The van der Waals surface area contributed by atoms with Crippen LogP contribution in [0.4, 0.5) is 11.5 Å². The zero-order valence-corrected chi connectivity index (χ0v) is 12.5. The van der Waals surface area contributed by atoms with Crippen molar-refractivity contribution in [3.63, 3.8) is 0 Å². The molecule has 1 aliphatic heterocycles. The van der Waals surface area contributed by atoms with Crippen molar-refractivity contribution in [2.24, 2.45) is 0 Å². The van der Waals surface area contributed by atoms with Gasteiger partial charge >= 0.3 is 5.69 Å². The van der Waals surface area contributed by atoms with Crippen LogP contribution in [0.5, 0.6) is 0 Å². The van der Waals surface area contributed by atoms with Gasteiger partial charge in [0.2, 0.25) is 5.82 Å². The first-order valence-electron chi connectivity index (χ1n) is 6.40. The molecule has 8 heteroatoms. The number of anilines is 1. The Labute approximate surface area is 124 Å². The fourth-order valence-electron chi connectivity index (χ4n) is 1.88. The molecule has 0 spiro atoms. The van der Waals surface area contributed by atoms with Gasteiger partial charge in [-0.25, -0.2) is 4.98 Å². The Morgan fingerprint density at radius 2 is 2.50 bits per heavy atom. The third kappa shape index (κ3) is 4.39. The third-order valence-electron chi connectivity index (χ3n) is 2.89. The molecule has 1 aromatic heterocycles. The van der Waals surface area contributed by atoms with Crippen LogP contribution in [0.15, 0.2) is 16.7 Å². The lowest BCUT2D eigenvalue weighted by Gasteiger charge is -2.10. The maximum Gasteiger partial charge on any atom is 0.312 e. The van der Waals surface area contributed by atoms with E-state index in [1.165, 1.54) is 12.3 Å². The predicted molar refractivity (Wildman–Crippen MR) is 76.9 cm³/mol. The molecular weight excluding hydrogens is 330 g/mol. The first-order valence-corrected chi connectivity index (χ1v) is 7.19. The number of hydrogen-bond acceptors (Lipinski definition) is 6. The van der Waals surface area contributed by atoms with Crippen LogP contribution >= 0.6 is 15.9 Å². The molecule has 0 amide bonds. The Morgan fingerprint density at radius 1 is 1.65 bits per heavy atom. The highest BCUT2D eigenvalue weighted by molar-refractivity contribution is 9.10. The van der Waals surface area contributed by atoms with Crippen LogP contribution in [0.1, 0.15) is 12.8 Å². The van der Waals surface area contributed by atoms with Crippen molar-refractivity contribution in [3.05, 3.63) is 26.9 Å². The molecule has 1 aromatic rings. The largest absolute Gasteiger partial charge is 0.379 e. The highest BCUT2D eigenvalue weighted by Gasteiger charge is 2.16. The van der Waals surface area contributed by atoms with Gasteiger partial charge in [0.15, 0.2) is 0 Å². The van der Waals surface area contributed by atoms with Gasteiger partial charge in [-0.05, 0) is 28.8 Å². The number of nitro groups is 1. The number of halogens is 1. The average molecular weight is 346 g/mol. The van der Waals surface area contributed by atoms with E-state index in [1.807, 2.05) is 0 Å². The molecule has 1 N–H and O–H groups in total. The summed E-state index contributed by atoms with van der Waals surface area (Å²) in [5, 5.41) is 13.9. The lowest BCUT2D eigenvalue weighted by Crippen LogP contribution is -2.15. The smallest absolute Gasteiger partial charge is 0.312 e. The number of pyridine rings is 1. The molecule has 1 atom stereocenters. The zero-order chi connectivity index (χ0) is 14.4. The summed E-state index contributed by atoms with van der Waals surface area (Å²) in [7, 11) is 0. The Bertz CT molecular complexity index is 466. The minimum atomic E-state index is -0.452. The summed E-state index contributed by atoms with van der Waals surface area (Å²) in [6.45, 7) is 2.60. The number of hydrogen-bond donors (Lipinski definition) is 1. The summed E-state index contributed by atoms with van der Waals surface area (Å²) < 4.78 is 11.4. The van der Waals surface area contributed by atoms with Gasteiger partial charge in [0.25, 0.3) is 0 Å². The van der Waals surface area contributed by atoms with Crippen molar-refractivity contribution in [2.45, 2.75) is 18.9 Å². The van der Waals surface area contributed by atoms with Gasteiger partial charge in [0.1, 0.15) is 0 Å². The molecule has 0 radical (unpaired) electrons. The molecule has 0 unspecified atom stereocenters. The standard InChI is InChI=1S/C12H16BrN3O4/c13-9-6-11(16(17)18)12(15-7-9)14-3-1-4-20-10-2-5-19-8-10/h6-7,10H,1-5,8H2,(H,14,15)/t10-/m0/s1. The molecule has 0 saturated carbocycles. The van der Waals surface area contributed by atoms with E-state index in [0.717, 1.165) is 19.4 Å². The number of rotatable bonds is 7. The second-order valence-electron chi connectivity index (χ2n) is 4.42. The Hall–Kier alpha value is -1.25. The third-order valence-corrected chi connectivity index (χ3v) is 3.32. The van der Waals surface area contributed by atoms with Crippen molar-refractivity contribution in [2.75, 3.05) is 31.7 Å². The molecule has 20 heavy (non-hydrogen) atoms. The van der Waals surface area contributed by atoms with Crippen molar-refractivity contribution >= 4 is 27.4 Å². The number of ether oxygens (including phenoxy) is 2. The van der Waals surface area contributed by atoms with Gasteiger partial charge in [-0.1, -0.05) is 0 Å². The topological polar surface area (TPSA) is 86.5 Å². The van der Waals surface area contributed by atoms with Crippen LogP contribution in [0.3, 0.4) is 0 Å². The van der Waals surface area contributed by atoms with Gasteiger partial charge in [0, 0.05) is 36.5 Å². The summed E-state index contributed by atoms with van der Waals surface area (Å²) in [6, 6.07) is 1.43. The van der Waals surface area contributed by atoms with Crippen LogP contribution in [0.2, 0.25) is 0 Å². The molecule has 1 aliphatic rings. The van der Waals surface area contributed by atoms with Gasteiger partial charge in [-0.2, -0.15) is 0 Å². The molecule has 0 bridgehead atoms. The fourth-order valence-corrected chi connectivity index (χ4v) is 2.20. The summed E-state index contributed by atoms with van der Waals surface area (Å²) in [6.07, 6.45) is 3.41. The van der Waals surface area contributed by atoms with Crippen molar-refractivity contribution in [1.29, 1.82) is 0 Å². The quantitative estimate of drug-likeness (QED) is 0.463. The molecule has 0 aliphatic carbocycles. The van der Waals surface area contributed by atoms with E-state index in [2.05, 4.69) is 26.2 Å². The number of aromatic nitrogens is 1. The first kappa shape index (κ1) is 15.1. The average Bonchev–Trinajstić information content (AvgIpc) is 2.92. The molecule has 110 valence electrons. The Balaban J connectivity index is 1.74. The molecular formula is C12H16BrN3O4.